The quantitative estimate of drug-likeness (QED) is 0.107. The molecular formula is C46H56N8O8. The van der Waals surface area contributed by atoms with Gasteiger partial charge in [-0.25, -0.2) is 19.6 Å². The van der Waals surface area contributed by atoms with Crippen LogP contribution in [0.15, 0.2) is 48.7 Å². The zero-order chi connectivity index (χ0) is 44.0. The third kappa shape index (κ3) is 7.91. The van der Waals surface area contributed by atoms with Gasteiger partial charge in [0.25, 0.3) is 0 Å². The van der Waals surface area contributed by atoms with Crippen molar-refractivity contribution in [2.75, 3.05) is 34.5 Å². The van der Waals surface area contributed by atoms with E-state index in [0.29, 0.717) is 37.8 Å². The molecule has 16 nitrogen and oxygen atoms in total. The van der Waals surface area contributed by atoms with Crippen LogP contribution < -0.4 is 15.4 Å². The average molecular weight is 849 g/mol. The van der Waals surface area contributed by atoms with E-state index >= 15 is 0 Å². The molecule has 328 valence electrons. The van der Waals surface area contributed by atoms with Crippen molar-refractivity contribution in [3.63, 3.8) is 0 Å². The van der Waals surface area contributed by atoms with E-state index in [1.54, 1.807) is 18.2 Å². The van der Waals surface area contributed by atoms with E-state index in [4.69, 9.17) is 28.9 Å². The van der Waals surface area contributed by atoms with Gasteiger partial charge < -0.3 is 49.3 Å². The van der Waals surface area contributed by atoms with Crippen molar-refractivity contribution in [1.82, 2.24) is 40.4 Å². The van der Waals surface area contributed by atoms with Gasteiger partial charge in [0.1, 0.15) is 36.1 Å². The molecule has 2 fully saturated rings. The fourth-order valence-electron chi connectivity index (χ4n) is 9.43. The number of hydrogen-bond acceptors (Lipinski definition) is 10. The number of rotatable bonds is 11. The Morgan fingerprint density at radius 3 is 2.27 bits per heavy atom. The van der Waals surface area contributed by atoms with Crippen LogP contribution in [0.5, 0.6) is 5.75 Å². The van der Waals surface area contributed by atoms with Crippen LogP contribution in [0.25, 0.3) is 44.2 Å². The molecule has 2 aromatic heterocycles. The lowest BCUT2D eigenvalue weighted by atomic mass is 9.92. The van der Waals surface area contributed by atoms with Gasteiger partial charge in [-0.15, -0.1) is 0 Å². The Hall–Kier alpha value is -6.16. The van der Waals surface area contributed by atoms with Crippen molar-refractivity contribution < 1.29 is 38.1 Å². The molecule has 0 saturated carbocycles. The second-order valence-corrected chi connectivity index (χ2v) is 17.5. The van der Waals surface area contributed by atoms with Gasteiger partial charge in [0, 0.05) is 36.6 Å². The molecule has 8 rings (SSSR count). The van der Waals surface area contributed by atoms with Crippen LogP contribution in [0.3, 0.4) is 0 Å². The summed E-state index contributed by atoms with van der Waals surface area (Å²) in [6, 6.07) is 12.5. The van der Waals surface area contributed by atoms with E-state index < -0.39 is 24.3 Å². The van der Waals surface area contributed by atoms with Gasteiger partial charge in [0.05, 0.1) is 55.8 Å². The van der Waals surface area contributed by atoms with E-state index in [-0.39, 0.29) is 47.7 Å². The van der Waals surface area contributed by atoms with Crippen molar-refractivity contribution in [2.24, 2.45) is 17.8 Å². The van der Waals surface area contributed by atoms with Crippen LogP contribution in [-0.2, 0) is 30.4 Å². The smallest absolute Gasteiger partial charge is 0.407 e. The Balaban J connectivity index is 1.05. The average Bonchev–Trinajstić information content (AvgIpc) is 4.09. The number of benzene rings is 3. The maximum atomic E-state index is 14.0. The first kappa shape index (κ1) is 42.5. The minimum absolute atomic E-state index is 0.0301. The maximum Gasteiger partial charge on any atom is 0.407 e. The van der Waals surface area contributed by atoms with Crippen LogP contribution in [-0.4, -0.2) is 106 Å². The number of imidazole rings is 2. The molecule has 3 aliphatic rings. The highest BCUT2D eigenvalue weighted by Gasteiger charge is 2.43. The zero-order valence-corrected chi connectivity index (χ0v) is 36.5. The number of likely N-dealkylation sites (tertiary alicyclic amines) is 2. The lowest BCUT2D eigenvalue weighted by Crippen LogP contribution is -2.52. The second-order valence-electron chi connectivity index (χ2n) is 17.5. The third-order valence-corrected chi connectivity index (χ3v) is 12.7. The summed E-state index contributed by atoms with van der Waals surface area (Å²) >= 11 is 0. The highest BCUT2D eigenvalue weighted by Crippen LogP contribution is 2.44. The molecule has 4 N–H and O–H groups in total. The Labute approximate surface area is 360 Å². The van der Waals surface area contributed by atoms with Crippen molar-refractivity contribution in [3.8, 4) is 28.1 Å². The van der Waals surface area contributed by atoms with Crippen molar-refractivity contribution in [3.05, 3.63) is 65.9 Å². The summed E-state index contributed by atoms with van der Waals surface area (Å²) in [6.45, 7) is 11.0. The maximum absolute atomic E-state index is 14.0. The summed E-state index contributed by atoms with van der Waals surface area (Å²) < 4.78 is 21.6. The fourth-order valence-corrected chi connectivity index (χ4v) is 9.43. The molecule has 3 aliphatic heterocycles. The number of alkyl carbamates (subject to hydrolysis) is 2. The van der Waals surface area contributed by atoms with Crippen molar-refractivity contribution in [2.45, 2.75) is 90.7 Å². The summed E-state index contributed by atoms with van der Waals surface area (Å²) in [6.07, 6.45) is 2.73. The van der Waals surface area contributed by atoms with Gasteiger partial charge in [-0.3, -0.25) is 9.59 Å². The topological polar surface area (TPSA) is 193 Å². The number of aromatic nitrogens is 4. The number of amides is 4. The Morgan fingerprint density at radius 2 is 1.58 bits per heavy atom. The van der Waals surface area contributed by atoms with Gasteiger partial charge in [0.15, 0.2) is 0 Å². The van der Waals surface area contributed by atoms with E-state index in [9.17, 15) is 19.2 Å². The second kappa shape index (κ2) is 17.3. The van der Waals surface area contributed by atoms with Crippen molar-refractivity contribution >= 4 is 45.8 Å². The van der Waals surface area contributed by atoms with E-state index in [0.717, 1.165) is 68.3 Å². The first-order valence-electron chi connectivity index (χ1n) is 21.4. The predicted octanol–water partition coefficient (Wildman–Crippen LogP) is 7.01. The van der Waals surface area contributed by atoms with Gasteiger partial charge >= 0.3 is 12.2 Å². The molecule has 0 aliphatic carbocycles. The molecule has 62 heavy (non-hydrogen) atoms. The zero-order valence-electron chi connectivity index (χ0n) is 36.5. The number of nitrogens with zero attached hydrogens (tertiary/aromatic N) is 4. The van der Waals surface area contributed by atoms with Gasteiger partial charge in [-0.05, 0) is 84.4 Å². The first-order chi connectivity index (χ1) is 29.8. The normalized spacial score (nSPS) is 20.5. The molecule has 6 atom stereocenters. The van der Waals surface area contributed by atoms with Gasteiger partial charge in [-0.1, -0.05) is 45.9 Å². The molecule has 5 heterocycles. The Bertz CT molecular complexity index is 2510. The summed E-state index contributed by atoms with van der Waals surface area (Å²) in [4.78, 5) is 72.8. The monoisotopic (exact) mass is 848 g/mol. The van der Waals surface area contributed by atoms with Crippen molar-refractivity contribution in [1.29, 1.82) is 0 Å². The van der Waals surface area contributed by atoms with Crippen LogP contribution >= 0.6 is 0 Å². The van der Waals surface area contributed by atoms with Crippen LogP contribution in [0, 0.1) is 17.8 Å². The summed E-state index contributed by atoms with van der Waals surface area (Å²) in [7, 11) is 4.23. The first-order valence-corrected chi connectivity index (χ1v) is 21.4. The molecule has 2 unspecified atom stereocenters. The minimum atomic E-state index is -0.755. The molecule has 3 aromatic carbocycles. The number of methoxy groups -OCH3 is 3. The predicted molar refractivity (Wildman–Crippen MR) is 232 cm³/mol. The standard InChI is InChI=1S/C46H56N8O8/c1-23(2)38(51-45(57)60-7)43(55)53-20-26(21-59-6)15-36(53)41-47-19-34(49-41)28-10-12-30-29(16-28)22-62-37-18-31-27(17-32(30)37)11-13-33-40(31)50-42(48-33)35-14-9-25(5)54(35)44(56)39(24(3)4)52-46(58)61-8/h10-13,16-19,23-26,35-36,38-39H,9,14-15,20-22H2,1-8H3,(H,47,49)(H,48,50)(H,51,57)(H,52,58)/t25-,26-,35-,36-,38?,39?/m0/s1. The number of hydrogen-bond donors (Lipinski definition) is 4. The van der Waals surface area contributed by atoms with E-state index in [1.165, 1.54) is 14.2 Å². The molecule has 2 saturated heterocycles. The SMILES string of the molecule is COC[C@H]1C[C@@H](c2ncc(-c3ccc4c(c3)COc3cc5c(ccc6[nH]c([C@@H]7CC[C@H](C)N7C(=O)C(NC(=O)OC)C(C)C)nc65)cc3-4)[nH]2)N(C(=O)C(NC(=O)OC)C(C)C)C1. The molecule has 5 aromatic rings. The molecular weight excluding hydrogens is 793 g/mol. The number of carbonyl (C=O) groups is 4. The van der Waals surface area contributed by atoms with Crippen LogP contribution in [0.4, 0.5) is 9.59 Å². The van der Waals surface area contributed by atoms with E-state index in [1.807, 2.05) is 45.6 Å². The minimum Gasteiger partial charge on any atom is -0.488 e. The number of aromatic amines is 2. The van der Waals surface area contributed by atoms with E-state index in [2.05, 4.69) is 57.0 Å². The number of H-pyrrole nitrogens is 2. The summed E-state index contributed by atoms with van der Waals surface area (Å²) in [5.41, 5.74) is 6.50. The Morgan fingerprint density at radius 1 is 0.855 bits per heavy atom. The lowest BCUT2D eigenvalue weighted by Gasteiger charge is -2.32. The fraction of sp³-hybridized carbons (Fsp3) is 0.478. The molecule has 16 heteroatoms. The number of ether oxygens (including phenoxy) is 4. The molecule has 0 bridgehead atoms. The number of fused-ring (bicyclic) bond motifs is 6. The highest BCUT2D eigenvalue weighted by molar-refractivity contribution is 6.07. The number of nitrogens with one attached hydrogen (secondary N) is 4. The molecule has 4 amide bonds. The van der Waals surface area contributed by atoms with Crippen LogP contribution in [0.2, 0.25) is 0 Å². The Kier molecular flexibility index (Phi) is 11.9. The molecule has 0 radical (unpaired) electrons. The highest BCUT2D eigenvalue weighted by atomic mass is 16.5. The molecule has 0 spiro atoms. The van der Waals surface area contributed by atoms with Gasteiger partial charge in [-0.2, -0.15) is 0 Å². The lowest BCUT2D eigenvalue weighted by molar-refractivity contribution is -0.137. The van der Waals surface area contributed by atoms with Crippen LogP contribution in [0.1, 0.15) is 83.2 Å². The number of carbonyl (C=O) groups excluding carboxylic acids is 4. The third-order valence-electron chi connectivity index (χ3n) is 12.7. The summed E-state index contributed by atoms with van der Waals surface area (Å²) in [5, 5.41) is 7.41. The largest absolute Gasteiger partial charge is 0.488 e. The summed E-state index contributed by atoms with van der Waals surface area (Å²) in [5.74, 6) is 1.61. The van der Waals surface area contributed by atoms with Gasteiger partial charge in [0.2, 0.25) is 11.8 Å².